The largest absolute Gasteiger partial charge is 0.462 e. The number of rotatable bonds is 10. The summed E-state index contributed by atoms with van der Waals surface area (Å²) in [6.45, 7) is 2.21. The minimum atomic E-state index is -0.431. The maximum atomic E-state index is 11.2. The van der Waals surface area contributed by atoms with Gasteiger partial charge in [-0.2, -0.15) is 0 Å². The Labute approximate surface area is 129 Å². The number of aliphatic hydroxyl groups excluding tert-OH is 1. The number of carbonyl (C=O) groups is 1. The lowest BCUT2D eigenvalue weighted by Gasteiger charge is -2.22. The highest BCUT2D eigenvalue weighted by molar-refractivity contribution is 5.70. The van der Waals surface area contributed by atoms with Crippen LogP contribution in [0, 0.1) is 0 Å². The van der Waals surface area contributed by atoms with E-state index in [-0.39, 0.29) is 12.1 Å². The minimum absolute atomic E-state index is 0.00719. The van der Waals surface area contributed by atoms with E-state index in [0.717, 1.165) is 32.1 Å². The second-order valence-corrected chi connectivity index (χ2v) is 5.78. The molecule has 2 atom stereocenters. The Bertz CT molecular complexity index is 333. The van der Waals surface area contributed by atoms with E-state index in [2.05, 4.69) is 19.1 Å². The Hall–Kier alpha value is -1.09. The van der Waals surface area contributed by atoms with Crippen LogP contribution >= 0.6 is 0 Å². The summed E-state index contributed by atoms with van der Waals surface area (Å²) in [4.78, 5) is 11.2. The monoisotopic (exact) mass is 294 g/mol. The van der Waals surface area contributed by atoms with Crippen molar-refractivity contribution in [2.24, 2.45) is 0 Å². The lowest BCUT2D eigenvalue weighted by Crippen LogP contribution is -2.24. The van der Waals surface area contributed by atoms with E-state index in [1.807, 2.05) is 12.2 Å². The summed E-state index contributed by atoms with van der Waals surface area (Å²) in [7, 11) is 0. The number of carbonyl (C=O) groups excluding carboxylic acids is 1. The van der Waals surface area contributed by atoms with Crippen molar-refractivity contribution in [1.82, 2.24) is 0 Å². The molecule has 1 N–H and O–H groups in total. The molecule has 1 saturated heterocycles. The second-order valence-electron chi connectivity index (χ2n) is 5.78. The zero-order valence-electron chi connectivity index (χ0n) is 13.3. The average molecular weight is 294 g/mol. The number of esters is 1. The van der Waals surface area contributed by atoms with Crippen molar-refractivity contribution >= 4 is 5.97 Å². The summed E-state index contributed by atoms with van der Waals surface area (Å²) in [5, 5.41) is 9.87. The molecule has 0 aromatic heterocycles. The predicted octanol–water partition coefficient (Wildman–Crippen LogP) is 4.31. The third-order valence-corrected chi connectivity index (χ3v) is 3.76. The molecule has 3 heteroatoms. The van der Waals surface area contributed by atoms with Crippen LogP contribution in [0.4, 0.5) is 0 Å². The topological polar surface area (TPSA) is 46.5 Å². The van der Waals surface area contributed by atoms with Gasteiger partial charge in [-0.1, -0.05) is 44.1 Å². The molecule has 3 nitrogen and oxygen atoms in total. The third-order valence-electron chi connectivity index (χ3n) is 3.76. The SMILES string of the molecule is CCCCCC=CCC=CC(O)CCC1CCCC(=O)O1. The molecule has 0 spiro atoms. The van der Waals surface area contributed by atoms with Crippen LogP contribution in [-0.4, -0.2) is 23.3 Å². The van der Waals surface area contributed by atoms with Crippen LogP contribution in [0.15, 0.2) is 24.3 Å². The van der Waals surface area contributed by atoms with E-state index in [4.69, 9.17) is 4.74 Å². The molecular weight excluding hydrogens is 264 g/mol. The number of ether oxygens (including phenoxy) is 1. The van der Waals surface area contributed by atoms with Gasteiger partial charge in [0.15, 0.2) is 0 Å². The van der Waals surface area contributed by atoms with Crippen molar-refractivity contribution in [2.75, 3.05) is 0 Å². The lowest BCUT2D eigenvalue weighted by atomic mass is 10.0. The molecule has 0 saturated carbocycles. The number of aliphatic hydroxyl groups is 1. The molecule has 120 valence electrons. The van der Waals surface area contributed by atoms with E-state index in [9.17, 15) is 9.90 Å². The van der Waals surface area contributed by atoms with Gasteiger partial charge in [-0.25, -0.2) is 0 Å². The summed E-state index contributed by atoms with van der Waals surface area (Å²) < 4.78 is 5.24. The molecule has 0 aromatic rings. The molecule has 0 amide bonds. The molecule has 1 aliphatic rings. The quantitative estimate of drug-likeness (QED) is 0.371. The molecule has 0 aromatic carbocycles. The maximum absolute atomic E-state index is 11.2. The smallest absolute Gasteiger partial charge is 0.306 e. The van der Waals surface area contributed by atoms with E-state index in [1.165, 1.54) is 19.3 Å². The first-order valence-electron chi connectivity index (χ1n) is 8.41. The van der Waals surface area contributed by atoms with Crippen molar-refractivity contribution in [3.05, 3.63) is 24.3 Å². The number of cyclic esters (lactones) is 1. The van der Waals surface area contributed by atoms with E-state index in [0.29, 0.717) is 12.8 Å². The summed E-state index contributed by atoms with van der Waals surface area (Å²) >= 11 is 0. The Morgan fingerprint density at radius 2 is 2.19 bits per heavy atom. The van der Waals surface area contributed by atoms with Gasteiger partial charge in [0, 0.05) is 6.42 Å². The normalized spacial score (nSPS) is 21.0. The third kappa shape index (κ3) is 9.46. The summed E-state index contributed by atoms with van der Waals surface area (Å²) in [5.41, 5.74) is 0. The number of unbranched alkanes of at least 4 members (excludes halogenated alkanes) is 3. The molecule has 1 aliphatic heterocycles. The average Bonchev–Trinajstić information content (AvgIpc) is 2.48. The van der Waals surface area contributed by atoms with Crippen LogP contribution in [0.2, 0.25) is 0 Å². The van der Waals surface area contributed by atoms with Gasteiger partial charge in [-0.05, 0) is 44.9 Å². The van der Waals surface area contributed by atoms with Crippen molar-refractivity contribution in [3.63, 3.8) is 0 Å². The Morgan fingerprint density at radius 3 is 2.95 bits per heavy atom. The van der Waals surface area contributed by atoms with Crippen molar-refractivity contribution in [2.45, 2.75) is 83.3 Å². The van der Waals surface area contributed by atoms with E-state index < -0.39 is 6.10 Å². The molecule has 1 heterocycles. The van der Waals surface area contributed by atoms with Gasteiger partial charge in [0.2, 0.25) is 0 Å². The van der Waals surface area contributed by atoms with Crippen molar-refractivity contribution < 1.29 is 14.6 Å². The number of hydrogen-bond acceptors (Lipinski definition) is 3. The predicted molar refractivity (Wildman–Crippen MR) is 86.0 cm³/mol. The van der Waals surface area contributed by atoms with Crippen LogP contribution in [0.3, 0.4) is 0 Å². The van der Waals surface area contributed by atoms with Gasteiger partial charge in [-0.15, -0.1) is 0 Å². The van der Waals surface area contributed by atoms with Crippen LogP contribution in [0.25, 0.3) is 0 Å². The number of allylic oxidation sites excluding steroid dienone is 3. The molecule has 21 heavy (non-hydrogen) atoms. The van der Waals surface area contributed by atoms with Crippen LogP contribution in [-0.2, 0) is 9.53 Å². The molecular formula is C18H30O3. The summed E-state index contributed by atoms with van der Waals surface area (Å²) in [5.74, 6) is -0.0931. The maximum Gasteiger partial charge on any atom is 0.306 e. The van der Waals surface area contributed by atoms with Gasteiger partial charge < -0.3 is 9.84 Å². The standard InChI is InChI=1S/C18H30O3/c1-2-3-4-5-6-7-8-9-11-16(19)14-15-17-12-10-13-18(20)21-17/h6-7,9,11,16-17,19H,2-5,8,10,12-15H2,1H3. The Morgan fingerprint density at radius 1 is 1.33 bits per heavy atom. The first kappa shape index (κ1) is 18.0. The van der Waals surface area contributed by atoms with Gasteiger partial charge >= 0.3 is 5.97 Å². The molecule has 0 bridgehead atoms. The van der Waals surface area contributed by atoms with Crippen molar-refractivity contribution in [3.8, 4) is 0 Å². The van der Waals surface area contributed by atoms with E-state index >= 15 is 0 Å². The highest BCUT2D eigenvalue weighted by Crippen LogP contribution is 2.19. The molecule has 1 rings (SSSR count). The first-order valence-corrected chi connectivity index (χ1v) is 8.41. The highest BCUT2D eigenvalue weighted by Gasteiger charge is 2.20. The van der Waals surface area contributed by atoms with E-state index in [1.54, 1.807) is 0 Å². The zero-order chi connectivity index (χ0) is 15.3. The highest BCUT2D eigenvalue weighted by atomic mass is 16.5. The van der Waals surface area contributed by atoms with Gasteiger partial charge in [0.05, 0.1) is 6.10 Å². The first-order chi connectivity index (χ1) is 10.2. The molecule has 2 unspecified atom stereocenters. The summed E-state index contributed by atoms with van der Waals surface area (Å²) in [6, 6.07) is 0. The molecule has 1 fully saturated rings. The Balaban J connectivity index is 2.05. The number of hydrogen-bond donors (Lipinski definition) is 1. The summed E-state index contributed by atoms with van der Waals surface area (Å²) in [6.07, 6.45) is 17.5. The lowest BCUT2D eigenvalue weighted by molar-refractivity contribution is -0.154. The minimum Gasteiger partial charge on any atom is -0.462 e. The van der Waals surface area contributed by atoms with Crippen LogP contribution < -0.4 is 0 Å². The molecule has 0 aliphatic carbocycles. The van der Waals surface area contributed by atoms with Gasteiger partial charge in [0.25, 0.3) is 0 Å². The molecule has 0 radical (unpaired) electrons. The van der Waals surface area contributed by atoms with Crippen molar-refractivity contribution in [1.29, 1.82) is 0 Å². The fourth-order valence-corrected chi connectivity index (χ4v) is 2.47. The Kier molecular flexibility index (Phi) is 9.88. The second kappa shape index (κ2) is 11.6. The van der Waals surface area contributed by atoms with Crippen LogP contribution in [0.1, 0.15) is 71.1 Å². The fourth-order valence-electron chi connectivity index (χ4n) is 2.47. The van der Waals surface area contributed by atoms with Crippen LogP contribution in [0.5, 0.6) is 0 Å². The zero-order valence-corrected chi connectivity index (χ0v) is 13.3. The fraction of sp³-hybridized carbons (Fsp3) is 0.722. The van der Waals surface area contributed by atoms with Gasteiger partial charge in [-0.3, -0.25) is 4.79 Å². The van der Waals surface area contributed by atoms with Gasteiger partial charge in [0.1, 0.15) is 6.10 Å².